The van der Waals surface area contributed by atoms with E-state index < -0.39 is 18.1 Å². The molecule has 76 valence electrons. The molecule has 5 heteroatoms. The second kappa shape index (κ2) is 4.04. The molecule has 0 heterocycles. The summed E-state index contributed by atoms with van der Waals surface area (Å²) in [6.07, 6.45) is -3.05. The van der Waals surface area contributed by atoms with Gasteiger partial charge < -0.3 is 10.2 Å². The van der Waals surface area contributed by atoms with E-state index in [0.29, 0.717) is 0 Å². The Hall–Kier alpha value is -1.65. The van der Waals surface area contributed by atoms with Gasteiger partial charge in [0.2, 0.25) is 0 Å². The number of aliphatic carboxylic acids is 1. The Morgan fingerprint density at radius 2 is 2.07 bits per heavy atom. The zero-order chi connectivity index (χ0) is 10.7. The summed E-state index contributed by atoms with van der Waals surface area (Å²) in [4.78, 5) is 10.3. The van der Waals surface area contributed by atoms with Crippen LogP contribution in [0.4, 0.5) is 8.78 Å². The standard InChI is InChI=1S/C9H8F2O3/c10-9(11)6-2-1-5(4-8(13)14)7(12)3-6/h1-3,9,12H,4H2,(H,13,14). The first-order valence-corrected chi connectivity index (χ1v) is 3.82. The lowest BCUT2D eigenvalue weighted by Crippen LogP contribution is -2.00. The molecule has 1 aromatic carbocycles. The Morgan fingerprint density at radius 1 is 1.43 bits per heavy atom. The number of rotatable bonds is 3. The summed E-state index contributed by atoms with van der Waals surface area (Å²) in [5.74, 6) is -1.53. The lowest BCUT2D eigenvalue weighted by atomic mass is 10.1. The highest BCUT2D eigenvalue weighted by Gasteiger charge is 2.11. The molecule has 0 unspecified atom stereocenters. The van der Waals surface area contributed by atoms with Crippen LogP contribution in [0.1, 0.15) is 17.6 Å². The van der Waals surface area contributed by atoms with Crippen molar-refractivity contribution in [2.75, 3.05) is 0 Å². The number of carboxylic acid groups (broad SMARTS) is 1. The fourth-order valence-corrected chi connectivity index (χ4v) is 1.03. The molecule has 0 aromatic heterocycles. The van der Waals surface area contributed by atoms with Gasteiger partial charge in [0.15, 0.2) is 0 Å². The van der Waals surface area contributed by atoms with E-state index in [0.717, 1.165) is 12.1 Å². The van der Waals surface area contributed by atoms with Crippen molar-refractivity contribution in [1.82, 2.24) is 0 Å². The maximum absolute atomic E-state index is 12.1. The van der Waals surface area contributed by atoms with Gasteiger partial charge in [-0.2, -0.15) is 0 Å². The van der Waals surface area contributed by atoms with Gasteiger partial charge in [-0.25, -0.2) is 8.78 Å². The van der Waals surface area contributed by atoms with Gasteiger partial charge in [0, 0.05) is 11.1 Å². The van der Waals surface area contributed by atoms with Crippen LogP contribution in [0.3, 0.4) is 0 Å². The minimum atomic E-state index is -2.67. The fourth-order valence-electron chi connectivity index (χ4n) is 1.03. The zero-order valence-electron chi connectivity index (χ0n) is 7.08. The van der Waals surface area contributed by atoms with Crippen LogP contribution in [0.15, 0.2) is 18.2 Å². The molecule has 14 heavy (non-hydrogen) atoms. The van der Waals surface area contributed by atoms with E-state index in [9.17, 15) is 18.7 Å². The smallest absolute Gasteiger partial charge is 0.307 e. The van der Waals surface area contributed by atoms with Crippen molar-refractivity contribution in [3.63, 3.8) is 0 Å². The molecule has 0 aliphatic carbocycles. The number of carbonyl (C=O) groups is 1. The van der Waals surface area contributed by atoms with Crippen molar-refractivity contribution < 1.29 is 23.8 Å². The highest BCUT2D eigenvalue weighted by molar-refractivity contribution is 5.71. The molecule has 2 N–H and O–H groups in total. The normalized spacial score (nSPS) is 10.5. The Balaban J connectivity index is 2.95. The Labute approximate surface area is 78.6 Å². The van der Waals surface area contributed by atoms with E-state index in [4.69, 9.17) is 5.11 Å². The molecule has 0 aliphatic rings. The van der Waals surface area contributed by atoms with Crippen molar-refractivity contribution in [3.05, 3.63) is 29.3 Å². The number of carboxylic acids is 1. The highest BCUT2D eigenvalue weighted by Crippen LogP contribution is 2.25. The highest BCUT2D eigenvalue weighted by atomic mass is 19.3. The molecule has 1 rings (SSSR count). The molecule has 0 bridgehead atoms. The van der Waals surface area contributed by atoms with Crippen LogP contribution in [0.25, 0.3) is 0 Å². The molecule has 0 aliphatic heterocycles. The molecule has 0 spiro atoms. The molecule has 0 saturated carbocycles. The number of hydrogen-bond acceptors (Lipinski definition) is 2. The third-order valence-electron chi connectivity index (χ3n) is 1.70. The van der Waals surface area contributed by atoms with Gasteiger partial charge in [-0.15, -0.1) is 0 Å². The predicted molar refractivity (Wildman–Crippen MR) is 44.4 cm³/mol. The van der Waals surface area contributed by atoms with Crippen LogP contribution in [0.5, 0.6) is 5.75 Å². The van der Waals surface area contributed by atoms with Gasteiger partial charge in [0.05, 0.1) is 6.42 Å². The first-order valence-electron chi connectivity index (χ1n) is 3.82. The number of phenolic OH excluding ortho intramolecular Hbond substituents is 1. The number of phenols is 1. The summed E-state index contributed by atoms with van der Waals surface area (Å²) in [7, 11) is 0. The lowest BCUT2D eigenvalue weighted by molar-refractivity contribution is -0.136. The summed E-state index contributed by atoms with van der Waals surface area (Å²) in [6, 6.07) is 3.16. The van der Waals surface area contributed by atoms with Gasteiger partial charge in [-0.3, -0.25) is 4.79 Å². The van der Waals surface area contributed by atoms with E-state index >= 15 is 0 Å². The second-order valence-electron chi connectivity index (χ2n) is 2.76. The summed E-state index contributed by atoms with van der Waals surface area (Å²) < 4.78 is 24.2. The Kier molecular flexibility index (Phi) is 3.01. The Morgan fingerprint density at radius 3 is 2.50 bits per heavy atom. The van der Waals surface area contributed by atoms with Crippen LogP contribution in [-0.2, 0) is 11.2 Å². The van der Waals surface area contributed by atoms with E-state index in [2.05, 4.69) is 0 Å². The zero-order valence-corrected chi connectivity index (χ0v) is 7.08. The molecule has 0 fully saturated rings. The van der Waals surface area contributed by atoms with Crippen molar-refractivity contribution >= 4 is 5.97 Å². The maximum Gasteiger partial charge on any atom is 0.307 e. The second-order valence-corrected chi connectivity index (χ2v) is 2.76. The van der Waals surface area contributed by atoms with Gasteiger partial charge in [-0.05, 0) is 6.07 Å². The quantitative estimate of drug-likeness (QED) is 0.787. The Bertz CT molecular complexity index is 350. The van der Waals surface area contributed by atoms with Crippen LogP contribution < -0.4 is 0 Å². The van der Waals surface area contributed by atoms with E-state index in [-0.39, 0.29) is 17.5 Å². The van der Waals surface area contributed by atoms with Crippen LogP contribution >= 0.6 is 0 Å². The van der Waals surface area contributed by atoms with Crippen molar-refractivity contribution in [1.29, 1.82) is 0 Å². The molecule has 1 aromatic rings. The van der Waals surface area contributed by atoms with Gasteiger partial charge >= 0.3 is 5.97 Å². The number of halogens is 2. The minimum absolute atomic E-state index is 0.127. The third kappa shape index (κ3) is 2.42. The van der Waals surface area contributed by atoms with Crippen molar-refractivity contribution in [3.8, 4) is 5.75 Å². The van der Waals surface area contributed by atoms with Crippen molar-refractivity contribution in [2.24, 2.45) is 0 Å². The SMILES string of the molecule is O=C(O)Cc1ccc(C(F)F)cc1O. The van der Waals surface area contributed by atoms with Gasteiger partial charge in [-0.1, -0.05) is 12.1 Å². The summed E-state index contributed by atoms with van der Waals surface area (Å²) in [5.41, 5.74) is -0.196. The molecule has 0 saturated heterocycles. The topological polar surface area (TPSA) is 57.5 Å². The van der Waals surface area contributed by atoms with Crippen LogP contribution in [0.2, 0.25) is 0 Å². The molecule has 0 radical (unpaired) electrons. The maximum atomic E-state index is 12.1. The average Bonchev–Trinajstić information content (AvgIpc) is 2.07. The van der Waals surface area contributed by atoms with Crippen molar-refractivity contribution in [2.45, 2.75) is 12.8 Å². The number of benzene rings is 1. The van der Waals surface area contributed by atoms with E-state index in [1.54, 1.807) is 0 Å². The number of hydrogen-bond donors (Lipinski definition) is 2. The molecule has 3 nitrogen and oxygen atoms in total. The average molecular weight is 202 g/mol. The van der Waals surface area contributed by atoms with Crippen LogP contribution in [-0.4, -0.2) is 16.2 Å². The summed E-state index contributed by atoms with van der Waals surface area (Å²) >= 11 is 0. The predicted octanol–water partition coefficient (Wildman–Crippen LogP) is 1.96. The first kappa shape index (κ1) is 10.4. The molecule has 0 atom stereocenters. The molecule has 0 amide bonds. The van der Waals surface area contributed by atoms with E-state index in [1.165, 1.54) is 6.07 Å². The monoisotopic (exact) mass is 202 g/mol. The minimum Gasteiger partial charge on any atom is -0.508 e. The summed E-state index contributed by atoms with van der Waals surface area (Å²) in [6.45, 7) is 0. The number of aromatic hydroxyl groups is 1. The largest absolute Gasteiger partial charge is 0.508 e. The van der Waals surface area contributed by atoms with Gasteiger partial charge in [0.1, 0.15) is 5.75 Å². The first-order chi connectivity index (χ1) is 6.50. The third-order valence-corrected chi connectivity index (χ3v) is 1.70. The molecular formula is C9H8F2O3. The summed E-state index contributed by atoms with van der Waals surface area (Å²) in [5, 5.41) is 17.6. The number of alkyl halides is 2. The fraction of sp³-hybridized carbons (Fsp3) is 0.222. The van der Waals surface area contributed by atoms with E-state index in [1.807, 2.05) is 0 Å². The van der Waals surface area contributed by atoms with Crippen LogP contribution in [0, 0.1) is 0 Å². The lowest BCUT2D eigenvalue weighted by Gasteiger charge is -2.04. The molecular weight excluding hydrogens is 194 g/mol. The van der Waals surface area contributed by atoms with Gasteiger partial charge in [0.25, 0.3) is 6.43 Å².